The number of hydrogen-bond donors (Lipinski definition) is 3. The van der Waals surface area contributed by atoms with Crippen molar-refractivity contribution in [2.75, 3.05) is 18.4 Å². The second-order valence-electron chi connectivity index (χ2n) is 8.25. The molecule has 0 spiro atoms. The first-order chi connectivity index (χ1) is 14.6. The molecule has 0 atom stereocenters. The Balaban J connectivity index is 1.93. The van der Waals surface area contributed by atoms with Crippen LogP contribution in [0.1, 0.15) is 107 Å². The molecule has 0 aromatic heterocycles. The van der Waals surface area contributed by atoms with Crippen LogP contribution in [0.2, 0.25) is 0 Å². The normalized spacial score (nSPS) is 10.7. The topological polar surface area (TPSA) is 84.2 Å². The molecule has 4 N–H and O–H groups in total. The summed E-state index contributed by atoms with van der Waals surface area (Å²) in [7, 11) is 0. The number of anilines is 1. The first-order valence-electron chi connectivity index (χ1n) is 12.0. The van der Waals surface area contributed by atoms with Crippen LogP contribution in [0.4, 0.5) is 5.69 Å². The van der Waals surface area contributed by atoms with E-state index in [0.717, 1.165) is 12.2 Å². The lowest BCUT2D eigenvalue weighted by Crippen LogP contribution is -2.33. The standard InChI is InChI=1S/C25H43N3O2/c1-2-3-4-5-6-7-8-9-10-11-12-13-14-15-20-27-23-18-16-22(17-19-23)25(30)28-21-24(26)29/h16-19,27H,2-15,20-21H2,1H3,(H2,26,29)(H,28,30). The van der Waals surface area contributed by atoms with Gasteiger partial charge in [-0.05, 0) is 30.7 Å². The van der Waals surface area contributed by atoms with Crippen molar-refractivity contribution in [2.24, 2.45) is 5.73 Å². The minimum Gasteiger partial charge on any atom is -0.385 e. The van der Waals surface area contributed by atoms with Gasteiger partial charge in [0.1, 0.15) is 0 Å². The van der Waals surface area contributed by atoms with Crippen LogP contribution in [0.5, 0.6) is 0 Å². The maximum atomic E-state index is 11.8. The van der Waals surface area contributed by atoms with Gasteiger partial charge in [-0.25, -0.2) is 0 Å². The molecule has 0 saturated heterocycles. The van der Waals surface area contributed by atoms with Crippen molar-refractivity contribution in [3.63, 3.8) is 0 Å². The van der Waals surface area contributed by atoms with Crippen molar-refractivity contribution in [3.8, 4) is 0 Å². The smallest absolute Gasteiger partial charge is 0.251 e. The molecule has 170 valence electrons. The first-order valence-corrected chi connectivity index (χ1v) is 12.0. The molecule has 0 heterocycles. The van der Waals surface area contributed by atoms with E-state index in [2.05, 4.69) is 17.6 Å². The average Bonchev–Trinajstić information content (AvgIpc) is 2.75. The van der Waals surface area contributed by atoms with Crippen molar-refractivity contribution in [3.05, 3.63) is 29.8 Å². The van der Waals surface area contributed by atoms with E-state index in [1.54, 1.807) is 12.1 Å². The molecule has 0 radical (unpaired) electrons. The van der Waals surface area contributed by atoms with Crippen LogP contribution in [0, 0.1) is 0 Å². The molecule has 2 amide bonds. The van der Waals surface area contributed by atoms with Crippen LogP contribution < -0.4 is 16.4 Å². The third-order valence-electron chi connectivity index (χ3n) is 5.43. The van der Waals surface area contributed by atoms with Crippen molar-refractivity contribution in [1.82, 2.24) is 5.32 Å². The third kappa shape index (κ3) is 14.0. The predicted molar refractivity (Wildman–Crippen MR) is 127 cm³/mol. The fraction of sp³-hybridized carbons (Fsp3) is 0.680. The van der Waals surface area contributed by atoms with E-state index in [1.165, 1.54) is 89.9 Å². The Kier molecular flexibility index (Phi) is 15.4. The zero-order valence-electron chi connectivity index (χ0n) is 19.0. The van der Waals surface area contributed by atoms with Gasteiger partial charge in [0.15, 0.2) is 0 Å². The number of hydrogen-bond acceptors (Lipinski definition) is 3. The summed E-state index contributed by atoms with van der Waals surface area (Å²) in [6.07, 6.45) is 19.1. The number of nitrogens with two attached hydrogens (primary N) is 1. The van der Waals surface area contributed by atoms with E-state index in [1.807, 2.05) is 12.1 Å². The number of carbonyl (C=O) groups excluding carboxylic acids is 2. The van der Waals surface area contributed by atoms with Gasteiger partial charge in [0.2, 0.25) is 5.91 Å². The van der Waals surface area contributed by atoms with E-state index < -0.39 is 5.91 Å². The zero-order valence-corrected chi connectivity index (χ0v) is 19.0. The average molecular weight is 418 g/mol. The van der Waals surface area contributed by atoms with E-state index in [4.69, 9.17) is 5.73 Å². The minimum absolute atomic E-state index is 0.141. The number of amides is 2. The van der Waals surface area contributed by atoms with Gasteiger partial charge in [-0.15, -0.1) is 0 Å². The lowest BCUT2D eigenvalue weighted by atomic mass is 10.0. The summed E-state index contributed by atoms with van der Waals surface area (Å²) in [4.78, 5) is 22.5. The Morgan fingerprint density at radius 2 is 1.20 bits per heavy atom. The molecule has 1 aromatic carbocycles. The Hall–Kier alpha value is -2.04. The first kappa shape index (κ1) is 26.0. The maximum absolute atomic E-state index is 11.8. The summed E-state index contributed by atoms with van der Waals surface area (Å²) in [6, 6.07) is 7.29. The maximum Gasteiger partial charge on any atom is 0.251 e. The lowest BCUT2D eigenvalue weighted by molar-refractivity contribution is -0.117. The molecule has 0 saturated carbocycles. The summed E-state index contributed by atoms with van der Waals surface area (Å²) < 4.78 is 0. The Bertz CT molecular complexity index is 572. The van der Waals surface area contributed by atoms with Gasteiger partial charge >= 0.3 is 0 Å². The molecule has 5 heteroatoms. The number of rotatable bonds is 19. The summed E-state index contributed by atoms with van der Waals surface area (Å²) in [6.45, 7) is 3.08. The number of carbonyl (C=O) groups is 2. The van der Waals surface area contributed by atoms with Gasteiger partial charge in [0.25, 0.3) is 5.91 Å². The largest absolute Gasteiger partial charge is 0.385 e. The van der Waals surface area contributed by atoms with E-state index >= 15 is 0 Å². The number of nitrogens with one attached hydrogen (secondary N) is 2. The van der Waals surface area contributed by atoms with Gasteiger partial charge in [-0.3, -0.25) is 9.59 Å². The van der Waals surface area contributed by atoms with Crippen LogP contribution in [-0.2, 0) is 4.79 Å². The zero-order chi connectivity index (χ0) is 21.9. The van der Waals surface area contributed by atoms with Crippen LogP contribution in [0.25, 0.3) is 0 Å². The third-order valence-corrected chi connectivity index (χ3v) is 5.43. The van der Waals surface area contributed by atoms with Gasteiger partial charge in [0.05, 0.1) is 6.54 Å². The fourth-order valence-corrected chi connectivity index (χ4v) is 3.56. The molecule has 0 fully saturated rings. The molecular weight excluding hydrogens is 374 g/mol. The van der Waals surface area contributed by atoms with Crippen molar-refractivity contribution >= 4 is 17.5 Å². The molecule has 0 unspecified atom stereocenters. The lowest BCUT2D eigenvalue weighted by Gasteiger charge is -2.08. The molecule has 0 aliphatic heterocycles. The van der Waals surface area contributed by atoms with Crippen molar-refractivity contribution in [1.29, 1.82) is 0 Å². The molecule has 0 aliphatic carbocycles. The Morgan fingerprint density at radius 1 is 0.733 bits per heavy atom. The molecule has 1 aromatic rings. The molecule has 30 heavy (non-hydrogen) atoms. The van der Waals surface area contributed by atoms with E-state index in [9.17, 15) is 9.59 Å². The van der Waals surface area contributed by atoms with Gasteiger partial charge in [-0.1, -0.05) is 90.4 Å². The highest BCUT2D eigenvalue weighted by molar-refractivity contribution is 5.96. The highest BCUT2D eigenvalue weighted by Crippen LogP contribution is 2.13. The van der Waals surface area contributed by atoms with Crippen molar-refractivity contribution in [2.45, 2.75) is 96.8 Å². The summed E-state index contributed by atoms with van der Waals surface area (Å²) >= 11 is 0. The van der Waals surface area contributed by atoms with Gasteiger partial charge < -0.3 is 16.4 Å². The Morgan fingerprint density at radius 3 is 1.67 bits per heavy atom. The summed E-state index contributed by atoms with van der Waals surface area (Å²) in [5, 5.41) is 5.88. The van der Waals surface area contributed by atoms with Crippen LogP contribution in [0.3, 0.4) is 0 Å². The Labute approximate surface area is 183 Å². The quantitative estimate of drug-likeness (QED) is 0.249. The molecule has 0 bridgehead atoms. The van der Waals surface area contributed by atoms with Gasteiger partial charge in [-0.2, -0.15) is 0 Å². The monoisotopic (exact) mass is 417 g/mol. The second kappa shape index (κ2) is 17.8. The summed E-state index contributed by atoms with van der Waals surface area (Å²) in [5.41, 5.74) is 6.56. The summed E-state index contributed by atoms with van der Waals surface area (Å²) in [5.74, 6) is -0.831. The number of unbranched alkanes of at least 4 members (excludes halogenated alkanes) is 13. The van der Waals surface area contributed by atoms with Gasteiger partial charge in [0, 0.05) is 17.8 Å². The van der Waals surface area contributed by atoms with E-state index in [-0.39, 0.29) is 12.5 Å². The fourth-order valence-electron chi connectivity index (χ4n) is 3.56. The highest BCUT2D eigenvalue weighted by Gasteiger charge is 2.05. The minimum atomic E-state index is -0.546. The number of primary amides is 1. The molecule has 5 nitrogen and oxygen atoms in total. The van der Waals surface area contributed by atoms with Crippen molar-refractivity contribution < 1.29 is 9.59 Å². The highest BCUT2D eigenvalue weighted by atomic mass is 16.2. The molecule has 1 rings (SSSR count). The number of benzene rings is 1. The van der Waals surface area contributed by atoms with Crippen LogP contribution in [0.15, 0.2) is 24.3 Å². The molecular formula is C25H43N3O2. The van der Waals surface area contributed by atoms with Crippen LogP contribution in [-0.4, -0.2) is 24.9 Å². The van der Waals surface area contributed by atoms with Crippen LogP contribution >= 0.6 is 0 Å². The SMILES string of the molecule is CCCCCCCCCCCCCCCCNc1ccc(C(=O)NCC(N)=O)cc1. The second-order valence-corrected chi connectivity index (χ2v) is 8.25. The van der Waals surface area contributed by atoms with E-state index in [0.29, 0.717) is 5.56 Å². The molecule has 0 aliphatic rings. The predicted octanol–water partition coefficient (Wildman–Crippen LogP) is 5.79.